The number of hydrogen-bond acceptors (Lipinski definition) is 7. The molecule has 0 bridgehead atoms. The van der Waals surface area contributed by atoms with Gasteiger partial charge in [0.2, 0.25) is 0 Å². The molecular formula is C28H21ClFN3NaO6PS. The Morgan fingerprint density at radius 2 is 1.45 bits per heavy atom. The predicted octanol–water partition coefficient (Wildman–Crippen LogP) is 4.67. The minimum absolute atomic E-state index is 0. The molecule has 0 radical (unpaired) electrons. The molecule has 0 aliphatic carbocycles. The molecule has 1 aromatic heterocycles. The van der Waals surface area contributed by atoms with E-state index in [1.165, 1.54) is 74.1 Å². The molecule has 0 saturated carbocycles. The molecule has 5 rings (SSSR count). The summed E-state index contributed by atoms with van der Waals surface area (Å²) in [5.74, 6) is -0.295. The molecule has 42 heavy (non-hydrogen) atoms. The van der Waals surface area contributed by atoms with Crippen LogP contribution in [0.15, 0.2) is 114 Å². The molecular weight excluding hydrogens is 615 g/mol. The second kappa shape index (κ2) is 13.4. The summed E-state index contributed by atoms with van der Waals surface area (Å²) in [5.41, 5.74) is 1.28. The van der Waals surface area contributed by atoms with Gasteiger partial charge in [-0.15, -0.1) is 0 Å². The van der Waals surface area contributed by atoms with Crippen LogP contribution >= 0.6 is 19.3 Å². The number of benzene rings is 4. The minimum atomic E-state index is -4.62. The normalized spacial score (nSPS) is 11.4. The fourth-order valence-corrected chi connectivity index (χ4v) is 7.07. The number of sulfonamides is 1. The Morgan fingerprint density at radius 3 is 1.98 bits per heavy atom. The van der Waals surface area contributed by atoms with Gasteiger partial charge in [0, 0.05) is 16.1 Å². The number of methoxy groups -OCH3 is 1. The van der Waals surface area contributed by atoms with Crippen LogP contribution < -0.4 is 43.3 Å². The summed E-state index contributed by atoms with van der Waals surface area (Å²) < 4.78 is 75.7. The SMILES string of the molecule is COc1ccc(-c2c(Cl)ncn2-c2ccc(S(=O)(=O)[N-]P(=O)(Oc3ccccc3)Oc3ccccc3)cc2)cc1F.[Na+]. The summed E-state index contributed by atoms with van der Waals surface area (Å²) in [6.45, 7) is 0. The van der Waals surface area contributed by atoms with Crippen molar-refractivity contribution in [3.05, 3.63) is 125 Å². The molecule has 5 aromatic rings. The van der Waals surface area contributed by atoms with Crippen LogP contribution in [0.3, 0.4) is 0 Å². The van der Waals surface area contributed by atoms with E-state index in [1.807, 2.05) is 0 Å². The fraction of sp³-hybridized carbons (Fsp3) is 0.0357. The van der Waals surface area contributed by atoms with Gasteiger partial charge in [0.15, 0.2) is 16.7 Å². The Kier molecular flexibility index (Phi) is 10.2. The van der Waals surface area contributed by atoms with Gasteiger partial charge in [-0.25, -0.2) is 17.8 Å². The number of para-hydroxylation sites is 2. The first-order valence-corrected chi connectivity index (χ1v) is 15.2. The van der Waals surface area contributed by atoms with Crippen LogP contribution in [0.5, 0.6) is 17.2 Å². The number of hydrogen-bond donors (Lipinski definition) is 0. The molecule has 210 valence electrons. The fourth-order valence-electron chi connectivity index (χ4n) is 3.83. The van der Waals surface area contributed by atoms with Crippen LogP contribution in [0.2, 0.25) is 5.15 Å². The number of aromatic nitrogens is 2. The van der Waals surface area contributed by atoms with Gasteiger partial charge in [0.25, 0.3) is 0 Å². The smallest absolute Gasteiger partial charge is 0.494 e. The van der Waals surface area contributed by atoms with Crippen LogP contribution in [0.1, 0.15) is 0 Å². The predicted molar refractivity (Wildman–Crippen MR) is 153 cm³/mol. The number of nitrogens with zero attached hydrogens (tertiary/aromatic N) is 3. The summed E-state index contributed by atoms with van der Waals surface area (Å²) in [6.07, 6.45) is 1.42. The number of halogens is 2. The molecule has 0 amide bonds. The Bertz CT molecular complexity index is 1780. The van der Waals surface area contributed by atoms with Crippen molar-refractivity contribution >= 4 is 29.4 Å². The zero-order chi connectivity index (χ0) is 29.0. The first-order chi connectivity index (χ1) is 19.7. The van der Waals surface area contributed by atoms with Gasteiger partial charge in [0.1, 0.15) is 27.8 Å². The Hall–Kier alpha value is -3.15. The second-order valence-electron chi connectivity index (χ2n) is 8.43. The third kappa shape index (κ3) is 7.25. The third-order valence-corrected chi connectivity index (χ3v) is 9.38. The van der Waals surface area contributed by atoms with Gasteiger partial charge < -0.3 is 18.3 Å². The molecule has 4 aromatic carbocycles. The monoisotopic (exact) mass is 635 g/mol. The van der Waals surface area contributed by atoms with Gasteiger partial charge >= 0.3 is 37.3 Å². The van der Waals surface area contributed by atoms with Crippen molar-refractivity contribution in [3.8, 4) is 34.2 Å². The van der Waals surface area contributed by atoms with E-state index >= 15 is 0 Å². The topological polar surface area (TPSA) is 111 Å². The van der Waals surface area contributed by atoms with Crippen LogP contribution in [0.4, 0.5) is 4.39 Å². The van der Waals surface area contributed by atoms with Crippen molar-refractivity contribution in [1.29, 1.82) is 0 Å². The van der Waals surface area contributed by atoms with E-state index in [0.717, 1.165) is 0 Å². The molecule has 0 atom stereocenters. The van der Waals surface area contributed by atoms with Gasteiger partial charge in [0.05, 0.1) is 12.8 Å². The van der Waals surface area contributed by atoms with E-state index < -0.39 is 23.6 Å². The van der Waals surface area contributed by atoms with E-state index in [2.05, 4.69) is 9.48 Å². The average molecular weight is 636 g/mol. The van der Waals surface area contributed by atoms with E-state index in [9.17, 15) is 17.4 Å². The maximum absolute atomic E-state index is 14.4. The first-order valence-electron chi connectivity index (χ1n) is 11.9. The minimum Gasteiger partial charge on any atom is -0.494 e. The first kappa shape index (κ1) is 31.8. The van der Waals surface area contributed by atoms with E-state index in [1.54, 1.807) is 47.0 Å². The maximum atomic E-state index is 14.4. The van der Waals surface area contributed by atoms with Crippen molar-refractivity contribution in [2.24, 2.45) is 0 Å². The Morgan fingerprint density at radius 1 is 0.881 bits per heavy atom. The van der Waals surface area contributed by atoms with E-state index in [0.29, 0.717) is 16.9 Å². The molecule has 14 heteroatoms. The van der Waals surface area contributed by atoms with Gasteiger partial charge in [-0.2, -0.15) is 0 Å². The average Bonchev–Trinajstić information content (AvgIpc) is 3.34. The molecule has 0 N–H and O–H groups in total. The standard InChI is InChI=1S/C28H21ClFN3O6PS.Na/c1-37-26-17-12-20(18-25(26)30)27-28(29)31-19-33(27)21-13-15-24(16-14-21)41(35,36)32-40(34,38-22-8-4-2-5-9-22)39-23-10-6-3-7-11-23;/h2-19H,1H3;/q-1;+1. The van der Waals surface area contributed by atoms with Crippen molar-refractivity contribution in [2.45, 2.75) is 4.90 Å². The van der Waals surface area contributed by atoms with Gasteiger partial charge in [-0.3, -0.25) is 9.13 Å². The largest absolute Gasteiger partial charge is 1.00 e. The zero-order valence-corrected chi connectivity index (χ0v) is 26.8. The summed E-state index contributed by atoms with van der Waals surface area (Å²) >= 11 is 6.31. The molecule has 0 aliphatic rings. The molecule has 0 saturated heterocycles. The number of ether oxygens (including phenoxy) is 1. The quantitative estimate of drug-likeness (QED) is 0.162. The Labute approximate surface area is 269 Å². The van der Waals surface area contributed by atoms with Crippen LogP contribution in [0.25, 0.3) is 21.4 Å². The summed E-state index contributed by atoms with van der Waals surface area (Å²) in [7, 11) is -7.79. The van der Waals surface area contributed by atoms with E-state index in [4.69, 9.17) is 25.4 Å². The Balaban J connectivity index is 0.00000405. The zero-order valence-electron chi connectivity index (χ0n) is 22.3. The summed E-state index contributed by atoms with van der Waals surface area (Å²) in [4.78, 5) is 3.84. The van der Waals surface area contributed by atoms with E-state index in [-0.39, 0.29) is 56.9 Å². The second-order valence-corrected chi connectivity index (χ2v) is 12.2. The summed E-state index contributed by atoms with van der Waals surface area (Å²) in [6, 6.07) is 25.8. The molecule has 9 nitrogen and oxygen atoms in total. The molecule has 0 aliphatic heterocycles. The third-order valence-electron chi connectivity index (χ3n) is 5.70. The van der Waals surface area contributed by atoms with Crippen LogP contribution in [0, 0.1) is 5.82 Å². The van der Waals surface area contributed by atoms with Crippen molar-refractivity contribution in [2.75, 3.05) is 7.11 Å². The molecule has 1 heterocycles. The van der Waals surface area contributed by atoms with Crippen LogP contribution in [-0.2, 0) is 14.6 Å². The van der Waals surface area contributed by atoms with Crippen molar-refractivity contribution < 1.29 is 60.7 Å². The number of imidazole rings is 1. The molecule has 0 fully saturated rings. The van der Waals surface area contributed by atoms with Crippen LogP contribution in [-0.4, -0.2) is 25.1 Å². The molecule has 0 spiro atoms. The summed E-state index contributed by atoms with van der Waals surface area (Å²) in [5, 5.41) is 0.110. The van der Waals surface area contributed by atoms with Crippen molar-refractivity contribution in [3.63, 3.8) is 0 Å². The number of rotatable bonds is 10. The van der Waals surface area contributed by atoms with Gasteiger partial charge in [-0.05, 0) is 66.7 Å². The van der Waals surface area contributed by atoms with Crippen molar-refractivity contribution in [1.82, 2.24) is 9.55 Å². The maximum Gasteiger partial charge on any atom is 1.00 e. The molecule has 0 unspecified atom stereocenters. The van der Waals surface area contributed by atoms with Gasteiger partial charge in [-0.1, -0.05) is 48.0 Å².